The van der Waals surface area contributed by atoms with Crippen LogP contribution in [0.5, 0.6) is 5.75 Å². The number of ether oxygens (including phenoxy) is 1. The summed E-state index contributed by atoms with van der Waals surface area (Å²) < 4.78 is 5.18. The maximum atomic E-state index is 10.2. The van der Waals surface area contributed by atoms with E-state index in [1.807, 2.05) is 17.0 Å². The van der Waals surface area contributed by atoms with E-state index >= 15 is 0 Å². The SMILES string of the molecule is C=C[C@H](O)c1cnc(N2CCCC2CO)nc1NCc1ccc(OC)c(Cl)c1. The van der Waals surface area contributed by atoms with Gasteiger partial charge in [-0.3, -0.25) is 0 Å². The largest absolute Gasteiger partial charge is 0.495 e. The van der Waals surface area contributed by atoms with Gasteiger partial charge in [0.1, 0.15) is 17.7 Å². The van der Waals surface area contributed by atoms with Crippen LogP contribution in [0.25, 0.3) is 0 Å². The van der Waals surface area contributed by atoms with Gasteiger partial charge >= 0.3 is 0 Å². The number of aliphatic hydroxyl groups excluding tert-OH is 2. The van der Waals surface area contributed by atoms with Crippen molar-refractivity contribution in [1.29, 1.82) is 0 Å². The lowest BCUT2D eigenvalue weighted by Gasteiger charge is -2.24. The van der Waals surface area contributed by atoms with Gasteiger partial charge < -0.3 is 25.2 Å². The van der Waals surface area contributed by atoms with Crippen molar-refractivity contribution in [2.75, 3.05) is 30.5 Å². The zero-order valence-corrected chi connectivity index (χ0v) is 16.6. The quantitative estimate of drug-likeness (QED) is 0.582. The van der Waals surface area contributed by atoms with Crippen molar-refractivity contribution < 1.29 is 14.9 Å². The molecule has 1 fully saturated rings. The van der Waals surface area contributed by atoms with Crippen LogP contribution >= 0.6 is 11.6 Å². The molecule has 2 aromatic rings. The Labute approximate surface area is 169 Å². The third-order valence-electron chi connectivity index (χ3n) is 4.87. The number of nitrogens with one attached hydrogen (secondary N) is 1. The first-order chi connectivity index (χ1) is 13.6. The molecule has 2 atom stereocenters. The van der Waals surface area contributed by atoms with Crippen LogP contribution in [-0.4, -0.2) is 46.5 Å². The highest BCUT2D eigenvalue weighted by atomic mass is 35.5. The number of anilines is 2. The average Bonchev–Trinajstić information content (AvgIpc) is 3.20. The molecule has 1 aliphatic heterocycles. The number of nitrogens with zero attached hydrogens (tertiary/aromatic N) is 3. The normalized spacial score (nSPS) is 17.4. The average molecular weight is 405 g/mol. The molecule has 1 aliphatic rings. The molecule has 3 rings (SSSR count). The van der Waals surface area contributed by atoms with E-state index in [-0.39, 0.29) is 12.6 Å². The zero-order valence-electron chi connectivity index (χ0n) is 15.8. The molecule has 3 N–H and O–H groups in total. The Morgan fingerprint density at radius 3 is 3.00 bits per heavy atom. The molecule has 1 saturated heterocycles. The molecule has 0 bridgehead atoms. The van der Waals surface area contributed by atoms with Crippen LogP contribution in [0.2, 0.25) is 5.02 Å². The minimum atomic E-state index is -0.886. The number of aliphatic hydroxyl groups is 2. The molecule has 1 aromatic heterocycles. The number of benzene rings is 1. The number of hydrogen-bond donors (Lipinski definition) is 3. The van der Waals surface area contributed by atoms with Gasteiger partial charge in [0, 0.05) is 24.8 Å². The third-order valence-corrected chi connectivity index (χ3v) is 5.16. The number of halogens is 1. The van der Waals surface area contributed by atoms with Crippen LogP contribution in [-0.2, 0) is 6.54 Å². The van der Waals surface area contributed by atoms with E-state index in [2.05, 4.69) is 21.9 Å². The number of rotatable bonds is 8. The Bertz CT molecular complexity index is 833. The molecule has 28 heavy (non-hydrogen) atoms. The van der Waals surface area contributed by atoms with Crippen LogP contribution in [0, 0.1) is 0 Å². The topological polar surface area (TPSA) is 90.7 Å². The highest BCUT2D eigenvalue weighted by molar-refractivity contribution is 6.32. The fourth-order valence-corrected chi connectivity index (χ4v) is 3.58. The Morgan fingerprint density at radius 2 is 2.32 bits per heavy atom. The highest BCUT2D eigenvalue weighted by Crippen LogP contribution is 2.29. The van der Waals surface area contributed by atoms with Gasteiger partial charge in [-0.1, -0.05) is 23.7 Å². The maximum Gasteiger partial charge on any atom is 0.227 e. The predicted molar refractivity (Wildman–Crippen MR) is 110 cm³/mol. The number of methoxy groups -OCH3 is 1. The Hall–Kier alpha value is -2.35. The van der Waals surface area contributed by atoms with Crippen molar-refractivity contribution >= 4 is 23.4 Å². The van der Waals surface area contributed by atoms with Crippen molar-refractivity contribution in [3.05, 3.63) is 53.2 Å². The maximum absolute atomic E-state index is 10.2. The third kappa shape index (κ3) is 4.38. The Morgan fingerprint density at radius 1 is 1.50 bits per heavy atom. The van der Waals surface area contributed by atoms with Crippen LogP contribution in [0.3, 0.4) is 0 Å². The first-order valence-electron chi connectivity index (χ1n) is 9.18. The predicted octanol–water partition coefficient (Wildman–Crippen LogP) is 2.93. The van der Waals surface area contributed by atoms with E-state index in [9.17, 15) is 10.2 Å². The molecule has 2 heterocycles. The Balaban J connectivity index is 1.85. The van der Waals surface area contributed by atoms with Crippen LogP contribution in [0.4, 0.5) is 11.8 Å². The standard InChI is InChI=1S/C20H25ClN4O3/c1-3-17(27)15-11-23-20(25-8-4-5-14(25)12-26)24-19(15)22-10-13-6-7-18(28-2)16(21)9-13/h3,6-7,9,11,14,17,26-27H,1,4-5,8,10,12H2,2H3,(H,22,23,24)/t14?,17-/m0/s1. The van der Waals surface area contributed by atoms with E-state index in [1.165, 1.54) is 6.08 Å². The zero-order chi connectivity index (χ0) is 20.1. The van der Waals surface area contributed by atoms with Gasteiger partial charge in [-0.15, -0.1) is 6.58 Å². The summed E-state index contributed by atoms with van der Waals surface area (Å²) >= 11 is 6.20. The van der Waals surface area contributed by atoms with Crippen molar-refractivity contribution in [3.63, 3.8) is 0 Å². The fourth-order valence-electron chi connectivity index (χ4n) is 3.30. The van der Waals surface area contributed by atoms with E-state index in [4.69, 9.17) is 16.3 Å². The highest BCUT2D eigenvalue weighted by Gasteiger charge is 2.27. The van der Waals surface area contributed by atoms with Gasteiger partial charge in [-0.05, 0) is 30.5 Å². The van der Waals surface area contributed by atoms with Crippen LogP contribution in [0.15, 0.2) is 37.1 Å². The molecule has 0 amide bonds. The summed E-state index contributed by atoms with van der Waals surface area (Å²) in [6.07, 6.45) is 4.04. The van der Waals surface area contributed by atoms with Crippen molar-refractivity contribution in [2.45, 2.75) is 31.5 Å². The number of aromatic nitrogens is 2. The van der Waals surface area contributed by atoms with E-state index in [0.717, 1.165) is 24.9 Å². The minimum absolute atomic E-state index is 0.0171. The molecule has 0 saturated carbocycles. The monoisotopic (exact) mass is 404 g/mol. The van der Waals surface area contributed by atoms with Gasteiger partial charge in [0.05, 0.1) is 24.8 Å². The molecular formula is C20H25ClN4O3. The lowest BCUT2D eigenvalue weighted by atomic mass is 10.1. The lowest BCUT2D eigenvalue weighted by molar-refractivity contribution is 0.229. The molecule has 1 aromatic carbocycles. The van der Waals surface area contributed by atoms with Gasteiger partial charge in [-0.2, -0.15) is 4.98 Å². The first kappa shape index (κ1) is 20.4. The summed E-state index contributed by atoms with van der Waals surface area (Å²) in [5.74, 6) is 1.67. The van der Waals surface area contributed by atoms with Crippen molar-refractivity contribution in [3.8, 4) is 5.75 Å². The van der Waals surface area contributed by atoms with Gasteiger partial charge in [-0.25, -0.2) is 4.98 Å². The molecule has 8 heteroatoms. The molecule has 1 unspecified atom stereocenters. The smallest absolute Gasteiger partial charge is 0.227 e. The number of hydrogen-bond acceptors (Lipinski definition) is 7. The van der Waals surface area contributed by atoms with Crippen molar-refractivity contribution in [1.82, 2.24) is 9.97 Å². The summed E-state index contributed by atoms with van der Waals surface area (Å²) in [6, 6.07) is 5.55. The second-order valence-corrected chi connectivity index (χ2v) is 7.06. The molecule has 7 nitrogen and oxygen atoms in total. The summed E-state index contributed by atoms with van der Waals surface area (Å²) in [5.41, 5.74) is 1.48. The van der Waals surface area contributed by atoms with Gasteiger partial charge in [0.25, 0.3) is 0 Å². The second kappa shape index (κ2) is 9.23. The first-order valence-corrected chi connectivity index (χ1v) is 9.56. The lowest BCUT2D eigenvalue weighted by Crippen LogP contribution is -2.33. The van der Waals surface area contributed by atoms with Crippen LogP contribution < -0.4 is 15.0 Å². The fraction of sp³-hybridized carbons (Fsp3) is 0.400. The summed E-state index contributed by atoms with van der Waals surface area (Å²) in [5, 5.41) is 23.6. The van der Waals surface area contributed by atoms with Crippen LogP contribution in [0.1, 0.15) is 30.1 Å². The summed E-state index contributed by atoms with van der Waals surface area (Å²) in [4.78, 5) is 11.0. The Kier molecular flexibility index (Phi) is 6.72. The van der Waals surface area contributed by atoms with Gasteiger partial charge in [0.2, 0.25) is 5.95 Å². The summed E-state index contributed by atoms with van der Waals surface area (Å²) in [7, 11) is 1.57. The van der Waals surface area contributed by atoms with E-state index in [0.29, 0.717) is 34.6 Å². The molecule has 0 spiro atoms. The van der Waals surface area contributed by atoms with E-state index in [1.54, 1.807) is 19.4 Å². The van der Waals surface area contributed by atoms with Crippen molar-refractivity contribution in [2.24, 2.45) is 0 Å². The molecular weight excluding hydrogens is 380 g/mol. The summed E-state index contributed by atoms with van der Waals surface area (Å²) in [6.45, 7) is 4.96. The molecule has 0 aliphatic carbocycles. The second-order valence-electron chi connectivity index (χ2n) is 6.65. The van der Waals surface area contributed by atoms with Gasteiger partial charge in [0.15, 0.2) is 0 Å². The van der Waals surface area contributed by atoms with E-state index < -0.39 is 6.10 Å². The molecule has 150 valence electrons. The minimum Gasteiger partial charge on any atom is -0.495 e. The molecule has 0 radical (unpaired) electrons.